The maximum Gasteiger partial charge on any atom is 0.266 e. The molecule has 2 aromatic heterocycles. The summed E-state index contributed by atoms with van der Waals surface area (Å²) in [4.78, 5) is 8.84. The Balaban J connectivity index is 1.59. The first-order valence-corrected chi connectivity index (χ1v) is 9.90. The fraction of sp³-hybridized carbons (Fsp3) is 0.130. The number of nitrogens with zero attached hydrogens (tertiary/aromatic N) is 4. The molecule has 5 rings (SSSR count). The Morgan fingerprint density at radius 1 is 1.09 bits per heavy atom. The van der Waals surface area contributed by atoms with Crippen molar-refractivity contribution in [3.63, 3.8) is 0 Å². The van der Waals surface area contributed by atoms with Gasteiger partial charge in [0.1, 0.15) is 12.3 Å². The molecule has 0 fully saturated rings. The van der Waals surface area contributed by atoms with Crippen molar-refractivity contribution in [1.29, 1.82) is 0 Å². The zero-order chi connectivity index (χ0) is 22.1. The van der Waals surface area contributed by atoms with E-state index in [-0.39, 0.29) is 18.2 Å². The number of aliphatic imine (C=N–C) groups is 1. The number of aryl methyl sites for hydroxylation is 1. The average Bonchev–Trinajstić information content (AvgIpc) is 3.25. The first kappa shape index (κ1) is 19.8. The summed E-state index contributed by atoms with van der Waals surface area (Å²) in [6.45, 7) is 1.87. The van der Waals surface area contributed by atoms with Crippen LogP contribution in [-0.2, 0) is 12.3 Å². The first-order valence-electron chi connectivity index (χ1n) is 9.90. The van der Waals surface area contributed by atoms with Gasteiger partial charge in [-0.2, -0.15) is 0 Å². The molecule has 0 spiro atoms. The van der Waals surface area contributed by atoms with Gasteiger partial charge in [-0.1, -0.05) is 42.5 Å². The van der Waals surface area contributed by atoms with Gasteiger partial charge in [0.25, 0.3) is 5.89 Å². The maximum atomic E-state index is 14.9. The quantitative estimate of drug-likeness (QED) is 0.496. The highest BCUT2D eigenvalue weighted by atomic mass is 19.1. The summed E-state index contributed by atoms with van der Waals surface area (Å²) in [5.41, 5.74) is 8.28. The van der Waals surface area contributed by atoms with E-state index < -0.39 is 11.5 Å². The maximum absolute atomic E-state index is 14.9. The van der Waals surface area contributed by atoms with Crippen LogP contribution in [-0.4, -0.2) is 21.5 Å². The monoisotopic (exact) mass is 430 g/mol. The lowest BCUT2D eigenvalue weighted by atomic mass is 9.89. The Morgan fingerprint density at radius 2 is 1.94 bits per heavy atom. The molecule has 0 saturated heterocycles. The number of aromatic nitrogens is 3. The predicted octanol–water partition coefficient (Wildman–Crippen LogP) is 3.77. The number of fused-ring (bicyclic) bond motifs is 1. The second-order valence-electron chi connectivity index (χ2n) is 7.30. The number of halogens is 1. The van der Waals surface area contributed by atoms with Crippen LogP contribution in [0.3, 0.4) is 0 Å². The van der Waals surface area contributed by atoms with Crippen LogP contribution in [0, 0.1) is 12.7 Å². The van der Waals surface area contributed by atoms with E-state index in [0.29, 0.717) is 28.4 Å². The summed E-state index contributed by atoms with van der Waals surface area (Å²) in [6.07, 6.45) is 3.06. The third-order valence-electron chi connectivity index (χ3n) is 5.15. The van der Waals surface area contributed by atoms with Gasteiger partial charge in [-0.3, -0.25) is 5.73 Å². The highest BCUT2D eigenvalue weighted by Gasteiger charge is 2.38. The van der Waals surface area contributed by atoms with Gasteiger partial charge in [0.05, 0.1) is 18.2 Å². The van der Waals surface area contributed by atoms with E-state index in [4.69, 9.17) is 14.9 Å². The van der Waals surface area contributed by atoms with E-state index in [2.05, 4.69) is 25.5 Å². The van der Waals surface area contributed by atoms with Crippen LogP contribution in [0.2, 0.25) is 0 Å². The number of hydrogen-bond acceptors (Lipinski definition) is 8. The highest BCUT2D eigenvalue weighted by Crippen LogP contribution is 2.41. The molecule has 4 aromatic rings. The number of para-hydroxylation sites is 1. The van der Waals surface area contributed by atoms with Crippen molar-refractivity contribution < 1.29 is 13.5 Å². The highest BCUT2D eigenvalue weighted by molar-refractivity contribution is 5.83. The third kappa shape index (κ3) is 3.48. The topological polar surface area (TPSA) is 111 Å². The van der Waals surface area contributed by atoms with Gasteiger partial charge < -0.3 is 14.5 Å². The summed E-state index contributed by atoms with van der Waals surface area (Å²) in [6, 6.07) is 15.8. The molecule has 3 N–H and O–H groups in total. The van der Waals surface area contributed by atoms with Crippen LogP contribution in [0.1, 0.15) is 22.6 Å². The molecule has 1 unspecified atom stereocenters. The fourth-order valence-corrected chi connectivity index (χ4v) is 3.58. The smallest absolute Gasteiger partial charge is 0.266 e. The number of hydrogen-bond donors (Lipinski definition) is 2. The molecule has 8 nitrogen and oxygen atoms in total. The van der Waals surface area contributed by atoms with Gasteiger partial charge in [-0.05, 0) is 17.7 Å². The first-order chi connectivity index (χ1) is 15.5. The summed E-state index contributed by atoms with van der Waals surface area (Å²) in [7, 11) is 0. The lowest BCUT2D eigenvalue weighted by molar-refractivity contribution is 0.281. The molecule has 1 aliphatic heterocycles. The van der Waals surface area contributed by atoms with E-state index in [0.717, 1.165) is 5.56 Å². The third-order valence-corrected chi connectivity index (χ3v) is 5.15. The average molecular weight is 430 g/mol. The van der Waals surface area contributed by atoms with Crippen molar-refractivity contribution in [2.75, 3.05) is 5.32 Å². The molecule has 0 amide bonds. The minimum Gasteiger partial charge on any atom is -0.485 e. The summed E-state index contributed by atoms with van der Waals surface area (Å²) < 4.78 is 26.3. The molecule has 1 atom stereocenters. The second-order valence-corrected chi connectivity index (χ2v) is 7.30. The SMILES string of the molecule is Cc1nnc(-c2cc3c(cn2)NC=NC3(N)c2cccc(F)c2OCc2ccccc2)o1. The normalized spacial score (nSPS) is 17.0. The zero-order valence-electron chi connectivity index (χ0n) is 17.1. The number of rotatable bonds is 5. The van der Waals surface area contributed by atoms with E-state index >= 15 is 0 Å². The molecule has 1 aliphatic rings. The van der Waals surface area contributed by atoms with E-state index in [9.17, 15) is 4.39 Å². The largest absolute Gasteiger partial charge is 0.485 e. The van der Waals surface area contributed by atoms with Crippen LogP contribution in [0.5, 0.6) is 5.75 Å². The molecule has 3 heterocycles. The number of nitrogens with one attached hydrogen (secondary N) is 1. The number of pyridine rings is 1. The molecule has 2 aromatic carbocycles. The Bertz CT molecular complexity index is 1310. The minimum absolute atomic E-state index is 0.0378. The van der Waals surface area contributed by atoms with Crippen LogP contribution < -0.4 is 15.8 Å². The Hall–Kier alpha value is -4.11. The van der Waals surface area contributed by atoms with Gasteiger partial charge in [0.2, 0.25) is 5.89 Å². The standard InChI is InChI=1S/C23H19FN6O2/c1-14-29-30-22(32-14)19-10-17-20(11-26-19)27-13-28-23(17,25)16-8-5-9-18(24)21(16)31-12-15-6-3-2-4-7-15/h2-11,13H,12,25H2,1H3,(H,27,28). The van der Waals surface area contributed by atoms with Crippen molar-refractivity contribution in [2.45, 2.75) is 19.2 Å². The van der Waals surface area contributed by atoms with Crippen LogP contribution in [0.25, 0.3) is 11.6 Å². The molecule has 160 valence electrons. The molecule has 0 aliphatic carbocycles. The molecule has 0 radical (unpaired) electrons. The van der Waals surface area contributed by atoms with Gasteiger partial charge in [-0.15, -0.1) is 10.2 Å². The molecular formula is C23H19FN6O2. The summed E-state index contributed by atoms with van der Waals surface area (Å²) >= 11 is 0. The number of anilines is 1. The molecule has 9 heteroatoms. The Labute approximate surface area is 183 Å². The molecule has 32 heavy (non-hydrogen) atoms. The van der Waals surface area contributed by atoms with E-state index in [1.807, 2.05) is 30.3 Å². The lowest BCUT2D eigenvalue weighted by Crippen LogP contribution is -2.40. The van der Waals surface area contributed by atoms with Crippen molar-refractivity contribution >= 4 is 12.0 Å². The molecular weight excluding hydrogens is 411 g/mol. The van der Waals surface area contributed by atoms with Crippen LogP contribution >= 0.6 is 0 Å². The van der Waals surface area contributed by atoms with Gasteiger partial charge in [0.15, 0.2) is 17.2 Å². The van der Waals surface area contributed by atoms with E-state index in [1.165, 1.54) is 12.4 Å². The number of benzene rings is 2. The Morgan fingerprint density at radius 3 is 2.72 bits per heavy atom. The van der Waals surface area contributed by atoms with E-state index in [1.54, 1.807) is 31.3 Å². The summed E-state index contributed by atoms with van der Waals surface area (Å²) in [5, 5.41) is 10.9. The second kappa shape index (κ2) is 7.86. The van der Waals surface area contributed by atoms with Crippen molar-refractivity contribution in [3.8, 4) is 17.3 Å². The van der Waals surface area contributed by atoms with Gasteiger partial charge >= 0.3 is 0 Å². The Kier molecular flexibility index (Phi) is 4.87. The number of ether oxygens (including phenoxy) is 1. The molecule has 0 saturated carbocycles. The van der Waals surface area contributed by atoms with Crippen LogP contribution in [0.4, 0.5) is 10.1 Å². The molecule has 0 bridgehead atoms. The predicted molar refractivity (Wildman–Crippen MR) is 117 cm³/mol. The summed E-state index contributed by atoms with van der Waals surface area (Å²) in [5.74, 6) is 0.176. The fourth-order valence-electron chi connectivity index (χ4n) is 3.58. The van der Waals surface area contributed by atoms with Crippen molar-refractivity contribution in [1.82, 2.24) is 15.2 Å². The van der Waals surface area contributed by atoms with Gasteiger partial charge in [-0.25, -0.2) is 14.4 Å². The van der Waals surface area contributed by atoms with Crippen LogP contribution in [0.15, 0.2) is 70.2 Å². The minimum atomic E-state index is -1.43. The lowest BCUT2D eigenvalue weighted by Gasteiger charge is -2.32. The van der Waals surface area contributed by atoms with Crippen molar-refractivity contribution in [3.05, 3.63) is 89.2 Å². The zero-order valence-corrected chi connectivity index (χ0v) is 17.1. The van der Waals surface area contributed by atoms with Gasteiger partial charge in [0, 0.05) is 18.1 Å². The number of nitrogens with two attached hydrogens (primary N) is 1. The van der Waals surface area contributed by atoms with Crippen molar-refractivity contribution in [2.24, 2.45) is 10.7 Å².